The molecule has 7 heteroatoms. The van der Waals surface area contributed by atoms with Gasteiger partial charge in [0.1, 0.15) is 0 Å². The first-order chi connectivity index (χ1) is 21.2. The number of carbonyl (C=O) groups excluding carboxylic acids is 1. The van der Waals surface area contributed by atoms with E-state index in [-0.39, 0.29) is 17.3 Å². The molecule has 252 valence electrons. The Bertz CT molecular complexity index is 1240. The van der Waals surface area contributed by atoms with E-state index in [4.69, 9.17) is 4.84 Å². The minimum absolute atomic E-state index is 0.132. The highest BCUT2D eigenvalue weighted by atomic mass is 127. The van der Waals surface area contributed by atoms with Gasteiger partial charge in [-0.05, 0) is 190 Å². The Labute approximate surface area is 314 Å². The number of rotatable bonds is 11. The number of nitrogens with one attached hydrogen (secondary N) is 1. The fraction of sp³-hybridized carbons (Fsp3) is 0.763. The molecular formula is C38H56I3NO3. The predicted molar refractivity (Wildman–Crippen MR) is 209 cm³/mol. The van der Waals surface area contributed by atoms with Crippen LogP contribution < -0.4 is 5.48 Å². The van der Waals surface area contributed by atoms with Crippen molar-refractivity contribution in [2.24, 2.45) is 52.3 Å². The highest BCUT2D eigenvalue weighted by Crippen LogP contribution is 2.67. The number of hydrogen-bond acceptors (Lipinski definition) is 4. The van der Waals surface area contributed by atoms with Crippen molar-refractivity contribution in [3.8, 4) is 0 Å². The Morgan fingerprint density at radius 3 is 2.40 bits per heavy atom. The van der Waals surface area contributed by atoms with Crippen LogP contribution in [0.5, 0.6) is 0 Å². The van der Waals surface area contributed by atoms with Crippen LogP contribution in [-0.2, 0) is 16.1 Å². The molecule has 1 aromatic rings. The second-order valence-corrected chi connectivity index (χ2v) is 19.7. The maximum atomic E-state index is 13.3. The highest BCUT2D eigenvalue weighted by molar-refractivity contribution is 14.1. The highest BCUT2D eigenvalue weighted by Gasteiger charge is 2.60. The Balaban J connectivity index is 1.21. The lowest BCUT2D eigenvalue weighted by Crippen LogP contribution is -2.56. The van der Waals surface area contributed by atoms with Crippen molar-refractivity contribution in [2.45, 2.75) is 131 Å². The molecule has 0 amide bonds. The third kappa shape index (κ3) is 7.67. The summed E-state index contributed by atoms with van der Waals surface area (Å²) >= 11 is 7.08. The monoisotopic (exact) mass is 955 g/mol. The van der Waals surface area contributed by atoms with E-state index in [0.717, 1.165) is 42.4 Å². The van der Waals surface area contributed by atoms with Crippen molar-refractivity contribution in [1.29, 1.82) is 0 Å². The van der Waals surface area contributed by atoms with Crippen LogP contribution in [0.4, 0.5) is 0 Å². The van der Waals surface area contributed by atoms with Crippen molar-refractivity contribution in [1.82, 2.24) is 5.48 Å². The molecule has 5 rings (SSSR count). The van der Waals surface area contributed by atoms with Crippen LogP contribution in [0.1, 0.15) is 124 Å². The summed E-state index contributed by atoms with van der Waals surface area (Å²) in [6, 6.07) is 4.32. The molecule has 0 bridgehead atoms. The smallest absolute Gasteiger partial charge is 0.328 e. The van der Waals surface area contributed by atoms with Gasteiger partial charge in [-0.25, -0.2) is 0 Å². The first kappa shape index (κ1) is 36.8. The minimum atomic E-state index is -1.20. The number of hydrogen-bond donors (Lipinski definition) is 2. The summed E-state index contributed by atoms with van der Waals surface area (Å²) in [6.45, 7) is 14.5. The predicted octanol–water partition coefficient (Wildman–Crippen LogP) is 10.8. The first-order valence-corrected chi connectivity index (χ1v) is 21.0. The first-order valence-electron chi connectivity index (χ1n) is 17.7. The number of hydroxylamine groups is 1. The van der Waals surface area contributed by atoms with Gasteiger partial charge in [0.25, 0.3) is 0 Å². The minimum Gasteiger partial charge on any atom is -0.372 e. The second-order valence-electron chi connectivity index (χ2n) is 16.2. The molecule has 1 aromatic carbocycles. The van der Waals surface area contributed by atoms with E-state index in [2.05, 4.69) is 126 Å². The van der Waals surface area contributed by atoms with Crippen molar-refractivity contribution >= 4 is 73.7 Å². The topological polar surface area (TPSA) is 58.6 Å². The van der Waals surface area contributed by atoms with Crippen LogP contribution in [0.3, 0.4) is 0 Å². The summed E-state index contributed by atoms with van der Waals surface area (Å²) in [4.78, 5) is 19.0. The summed E-state index contributed by atoms with van der Waals surface area (Å²) in [6.07, 6.45) is 16.7. The molecule has 0 radical (unpaired) electrons. The number of carbonyl (C=O) groups is 1. The van der Waals surface area contributed by atoms with E-state index >= 15 is 0 Å². The number of fused-ring (bicyclic) bond motifs is 5. The van der Waals surface area contributed by atoms with Crippen molar-refractivity contribution in [3.05, 3.63) is 40.1 Å². The standard InChI is InChI=1S/C38H56I3NO3/c1-7-25(19-29-33(40)20-27(39)21-34(29)41)35(43)45-42-38(44)18-17-36(5)26(22-38)11-12-28-31-14-13-30(24(4)10-8-9-23(2)3)37(31,6)16-15-32(28)36/h11,20-21,23-25,28,30-32,42,44H,7-10,12-19,22H2,1-6H3/t24-,25?,28?,30-,31?,32?,36+,37-,38-/m1/s1. The quantitative estimate of drug-likeness (QED) is 0.100. The third-order valence-electron chi connectivity index (χ3n) is 13.1. The Hall–Kier alpha value is 0.540. The lowest BCUT2D eigenvalue weighted by Gasteiger charge is -2.59. The van der Waals surface area contributed by atoms with Crippen LogP contribution in [0.25, 0.3) is 0 Å². The molecule has 2 N–H and O–H groups in total. The molecule has 4 nitrogen and oxygen atoms in total. The van der Waals surface area contributed by atoms with E-state index in [1.807, 2.05) is 6.92 Å². The van der Waals surface area contributed by atoms with Crippen LogP contribution in [-0.4, -0.2) is 16.8 Å². The van der Waals surface area contributed by atoms with Crippen molar-refractivity contribution < 1.29 is 14.7 Å². The average Bonchev–Trinajstić information content (AvgIpc) is 3.33. The molecule has 45 heavy (non-hydrogen) atoms. The molecule has 3 fully saturated rings. The SMILES string of the molecule is CCC(Cc1c(I)cc(I)cc1I)C(=O)ON[C@@]1(O)CC[C@@]2(C)C(=CCC3C2CC[C@@]2(C)C3CC[C@@H]2[C@H](C)CCCC(C)C)C1. The number of halogens is 3. The summed E-state index contributed by atoms with van der Waals surface area (Å²) < 4.78 is 3.57. The molecule has 4 aliphatic rings. The summed E-state index contributed by atoms with van der Waals surface area (Å²) in [7, 11) is 0. The van der Waals surface area contributed by atoms with Gasteiger partial charge >= 0.3 is 5.97 Å². The van der Waals surface area contributed by atoms with Crippen molar-refractivity contribution in [3.63, 3.8) is 0 Å². The van der Waals surface area contributed by atoms with Gasteiger partial charge in [0.2, 0.25) is 0 Å². The van der Waals surface area contributed by atoms with E-state index in [9.17, 15) is 9.90 Å². The van der Waals surface area contributed by atoms with Gasteiger partial charge in [0.05, 0.1) is 5.92 Å². The van der Waals surface area contributed by atoms with Gasteiger partial charge in [-0.3, -0.25) is 4.79 Å². The Morgan fingerprint density at radius 2 is 1.73 bits per heavy atom. The molecular weight excluding hydrogens is 899 g/mol. The Morgan fingerprint density at radius 1 is 1.02 bits per heavy atom. The number of benzene rings is 1. The molecule has 3 saturated carbocycles. The molecule has 0 heterocycles. The second kappa shape index (κ2) is 14.8. The fourth-order valence-corrected chi connectivity index (χ4v) is 14.4. The number of allylic oxidation sites excluding steroid dienone is 1. The van der Waals surface area contributed by atoms with Crippen LogP contribution >= 0.6 is 67.8 Å². The maximum Gasteiger partial charge on any atom is 0.328 e. The molecule has 0 saturated heterocycles. The van der Waals surface area contributed by atoms with Crippen molar-refractivity contribution in [2.75, 3.05) is 0 Å². The molecule has 0 spiro atoms. The van der Waals surface area contributed by atoms with Crippen LogP contribution in [0.15, 0.2) is 23.8 Å². The molecule has 0 aromatic heterocycles. The van der Waals surface area contributed by atoms with Gasteiger partial charge in [-0.2, -0.15) is 0 Å². The summed E-state index contributed by atoms with van der Waals surface area (Å²) in [5, 5.41) is 11.7. The van der Waals surface area contributed by atoms with Gasteiger partial charge in [-0.1, -0.05) is 72.5 Å². The number of aliphatic hydroxyl groups is 1. The van der Waals surface area contributed by atoms with Crippen LogP contribution in [0.2, 0.25) is 0 Å². The third-order valence-corrected chi connectivity index (χ3v) is 15.6. The van der Waals surface area contributed by atoms with E-state index < -0.39 is 5.72 Å². The maximum absolute atomic E-state index is 13.3. The van der Waals surface area contributed by atoms with E-state index in [1.54, 1.807) is 0 Å². The van der Waals surface area contributed by atoms with E-state index in [0.29, 0.717) is 37.0 Å². The zero-order valence-electron chi connectivity index (χ0n) is 28.4. The average molecular weight is 956 g/mol. The van der Waals surface area contributed by atoms with Gasteiger partial charge in [0, 0.05) is 17.1 Å². The summed E-state index contributed by atoms with van der Waals surface area (Å²) in [5.41, 5.74) is 4.90. The zero-order valence-corrected chi connectivity index (χ0v) is 34.8. The largest absolute Gasteiger partial charge is 0.372 e. The van der Waals surface area contributed by atoms with Gasteiger partial charge in [-0.15, -0.1) is 5.48 Å². The molecule has 9 atom stereocenters. The molecule has 4 unspecified atom stereocenters. The molecule has 0 aliphatic heterocycles. The lowest BCUT2D eigenvalue weighted by molar-refractivity contribution is -0.185. The van der Waals surface area contributed by atoms with Gasteiger partial charge < -0.3 is 9.94 Å². The molecule has 4 aliphatic carbocycles. The lowest BCUT2D eigenvalue weighted by atomic mass is 9.46. The fourth-order valence-electron chi connectivity index (χ4n) is 10.4. The van der Waals surface area contributed by atoms with E-state index in [1.165, 1.54) is 66.8 Å². The van der Waals surface area contributed by atoms with Gasteiger partial charge in [0.15, 0.2) is 5.72 Å². The normalized spacial score (nSPS) is 35.7. The Kier molecular flexibility index (Phi) is 12.1. The van der Waals surface area contributed by atoms with Crippen LogP contribution in [0, 0.1) is 63.0 Å². The zero-order chi connectivity index (χ0) is 32.7. The summed E-state index contributed by atoms with van der Waals surface area (Å²) in [5.74, 6) is 4.27.